The van der Waals surface area contributed by atoms with Crippen molar-refractivity contribution >= 4 is 22.4 Å². The summed E-state index contributed by atoms with van der Waals surface area (Å²) in [5, 5.41) is 13.2. The van der Waals surface area contributed by atoms with Crippen molar-refractivity contribution in [1.82, 2.24) is 15.0 Å². The number of fused-ring (bicyclic) bond motifs is 1. The Balaban J connectivity index is 0.00000147. The van der Waals surface area contributed by atoms with Gasteiger partial charge in [0.25, 0.3) is 0 Å². The molecular formula is C13H9FN4OV. The number of hydrogen-bond acceptors (Lipinski definition) is 5. The number of hydrogen-bond donors (Lipinski definition) is 2. The van der Waals surface area contributed by atoms with Crippen molar-refractivity contribution in [1.29, 1.82) is 0 Å². The van der Waals surface area contributed by atoms with Gasteiger partial charge in [-0.05, 0) is 12.1 Å². The average Bonchev–Trinajstić information content (AvgIpc) is 2.42. The molecule has 1 aromatic carbocycles. The number of anilines is 2. The fraction of sp³-hybridized carbons (Fsp3) is 0. The van der Waals surface area contributed by atoms with Crippen LogP contribution in [0.5, 0.6) is 5.75 Å². The smallest absolute Gasteiger partial charge is 0.213 e. The van der Waals surface area contributed by atoms with E-state index in [-0.39, 0.29) is 24.3 Å². The monoisotopic (exact) mass is 307 g/mol. The van der Waals surface area contributed by atoms with E-state index >= 15 is 0 Å². The maximum atomic E-state index is 13.2. The number of para-hydroxylation sites is 2. The number of rotatable bonds is 2. The molecule has 0 spiro atoms. The van der Waals surface area contributed by atoms with Gasteiger partial charge in [-0.1, -0.05) is 12.1 Å². The molecular weight excluding hydrogens is 298 g/mol. The van der Waals surface area contributed by atoms with Crippen molar-refractivity contribution in [2.75, 3.05) is 5.32 Å². The molecule has 20 heavy (non-hydrogen) atoms. The van der Waals surface area contributed by atoms with Gasteiger partial charge in [-0.25, -0.2) is 15.0 Å². The van der Waals surface area contributed by atoms with Crippen molar-refractivity contribution in [3.05, 3.63) is 48.8 Å². The Kier molecular flexibility index (Phi) is 4.17. The van der Waals surface area contributed by atoms with Crippen LogP contribution in [0.2, 0.25) is 0 Å². The molecule has 3 aromatic rings. The van der Waals surface area contributed by atoms with Gasteiger partial charge in [-0.2, -0.15) is 4.39 Å². The Morgan fingerprint density at radius 2 is 1.90 bits per heavy atom. The first-order valence-electron chi connectivity index (χ1n) is 5.55. The molecule has 0 saturated carbocycles. The van der Waals surface area contributed by atoms with E-state index in [0.717, 1.165) is 0 Å². The molecule has 99 valence electrons. The molecule has 2 heterocycles. The molecule has 0 amide bonds. The van der Waals surface area contributed by atoms with E-state index in [0.29, 0.717) is 22.4 Å². The number of nitrogens with zero attached hydrogens (tertiary/aromatic N) is 3. The number of benzene rings is 1. The molecule has 7 heteroatoms. The predicted octanol–water partition coefficient (Wildman–Crippen LogP) is 2.61. The zero-order valence-corrected chi connectivity index (χ0v) is 11.6. The third-order valence-corrected chi connectivity index (χ3v) is 2.65. The summed E-state index contributed by atoms with van der Waals surface area (Å²) in [6.45, 7) is 0. The van der Waals surface area contributed by atoms with Crippen LogP contribution in [0.4, 0.5) is 15.9 Å². The minimum Gasteiger partial charge on any atom is -0.506 e. The van der Waals surface area contributed by atoms with Crippen LogP contribution in [-0.2, 0) is 18.6 Å². The van der Waals surface area contributed by atoms with E-state index in [1.54, 1.807) is 24.3 Å². The summed E-state index contributed by atoms with van der Waals surface area (Å²) in [7, 11) is 0. The Morgan fingerprint density at radius 1 is 1.10 bits per heavy atom. The fourth-order valence-electron chi connectivity index (χ4n) is 1.74. The largest absolute Gasteiger partial charge is 0.506 e. The second kappa shape index (κ2) is 5.86. The van der Waals surface area contributed by atoms with Crippen molar-refractivity contribution in [2.45, 2.75) is 0 Å². The van der Waals surface area contributed by atoms with E-state index in [2.05, 4.69) is 20.3 Å². The number of phenols is 1. The van der Waals surface area contributed by atoms with Crippen LogP contribution in [0.1, 0.15) is 0 Å². The number of aromatic nitrogens is 3. The standard InChI is InChI=1S/C13H9FN4O.V/c14-12-5-8-10(6-15-12)16-7-17-13(8)18-9-3-1-2-4-11(9)19;/h1-7,19H,(H,16,17,18);. The molecule has 2 aromatic heterocycles. The van der Waals surface area contributed by atoms with Gasteiger partial charge >= 0.3 is 0 Å². The molecule has 0 aliphatic carbocycles. The Morgan fingerprint density at radius 3 is 2.70 bits per heavy atom. The third kappa shape index (κ3) is 2.71. The molecule has 0 bridgehead atoms. The van der Waals surface area contributed by atoms with Crippen LogP contribution in [0.25, 0.3) is 10.9 Å². The van der Waals surface area contributed by atoms with Gasteiger partial charge in [0.05, 0.1) is 17.4 Å². The quantitative estimate of drug-likeness (QED) is 0.562. The number of phenolic OH excluding ortho intramolecular Hbond substituents is 1. The van der Waals surface area contributed by atoms with Gasteiger partial charge in [0, 0.05) is 30.0 Å². The second-order valence-corrected chi connectivity index (χ2v) is 3.89. The Labute approximate surface area is 125 Å². The first-order chi connectivity index (χ1) is 9.24. The van der Waals surface area contributed by atoms with E-state index in [9.17, 15) is 9.50 Å². The minimum atomic E-state index is -0.609. The van der Waals surface area contributed by atoms with Crippen LogP contribution in [0.3, 0.4) is 0 Å². The van der Waals surface area contributed by atoms with Gasteiger partial charge < -0.3 is 10.4 Å². The van der Waals surface area contributed by atoms with E-state index in [1.807, 2.05) is 0 Å². The fourth-order valence-corrected chi connectivity index (χ4v) is 1.74. The van der Waals surface area contributed by atoms with E-state index < -0.39 is 5.95 Å². The number of halogens is 1. The maximum absolute atomic E-state index is 13.2. The molecule has 0 saturated heterocycles. The zero-order valence-electron chi connectivity index (χ0n) is 10.2. The number of pyridine rings is 1. The van der Waals surface area contributed by atoms with E-state index in [4.69, 9.17) is 0 Å². The molecule has 5 nitrogen and oxygen atoms in total. The van der Waals surface area contributed by atoms with Gasteiger partial charge in [-0.15, -0.1) is 0 Å². The molecule has 1 radical (unpaired) electrons. The predicted molar refractivity (Wildman–Crippen MR) is 68.7 cm³/mol. The molecule has 2 N–H and O–H groups in total. The molecule has 3 rings (SSSR count). The third-order valence-electron chi connectivity index (χ3n) is 2.65. The summed E-state index contributed by atoms with van der Waals surface area (Å²) in [6.07, 6.45) is 2.69. The maximum Gasteiger partial charge on any atom is 0.213 e. The van der Waals surface area contributed by atoms with Crippen molar-refractivity contribution in [3.8, 4) is 5.75 Å². The van der Waals surface area contributed by atoms with Crippen LogP contribution in [-0.4, -0.2) is 20.1 Å². The second-order valence-electron chi connectivity index (χ2n) is 3.89. The summed E-state index contributed by atoms with van der Waals surface area (Å²) in [5.74, 6) is -0.112. The summed E-state index contributed by atoms with van der Waals surface area (Å²) < 4.78 is 13.2. The molecule has 0 fully saturated rings. The number of aromatic hydroxyl groups is 1. The van der Waals surface area contributed by atoms with Gasteiger partial charge in [0.15, 0.2) is 0 Å². The summed E-state index contributed by atoms with van der Waals surface area (Å²) in [6, 6.07) is 7.97. The van der Waals surface area contributed by atoms with Crippen molar-refractivity contribution in [2.24, 2.45) is 0 Å². The summed E-state index contributed by atoms with van der Waals surface area (Å²) in [5.41, 5.74) is 1.01. The normalized spacial score (nSPS) is 10.1. The molecule has 0 aliphatic heterocycles. The van der Waals surface area contributed by atoms with Crippen LogP contribution < -0.4 is 5.32 Å². The molecule has 0 aliphatic rings. The first-order valence-corrected chi connectivity index (χ1v) is 5.55. The van der Waals surface area contributed by atoms with Gasteiger partial charge in [0.1, 0.15) is 17.9 Å². The summed E-state index contributed by atoms with van der Waals surface area (Å²) >= 11 is 0. The van der Waals surface area contributed by atoms with Crippen molar-refractivity contribution < 1.29 is 28.1 Å². The Hall–Kier alpha value is -2.18. The molecule has 0 unspecified atom stereocenters. The summed E-state index contributed by atoms with van der Waals surface area (Å²) in [4.78, 5) is 11.6. The Bertz CT molecular complexity index is 753. The zero-order chi connectivity index (χ0) is 13.2. The van der Waals surface area contributed by atoms with Crippen LogP contribution in [0, 0.1) is 5.95 Å². The van der Waals surface area contributed by atoms with Gasteiger partial charge in [0.2, 0.25) is 5.95 Å². The van der Waals surface area contributed by atoms with Gasteiger partial charge in [-0.3, -0.25) is 0 Å². The average molecular weight is 307 g/mol. The van der Waals surface area contributed by atoms with Crippen molar-refractivity contribution in [3.63, 3.8) is 0 Å². The molecule has 0 atom stereocenters. The van der Waals surface area contributed by atoms with Crippen LogP contribution >= 0.6 is 0 Å². The first kappa shape index (κ1) is 14.2. The van der Waals surface area contributed by atoms with E-state index in [1.165, 1.54) is 18.6 Å². The number of nitrogens with one attached hydrogen (secondary N) is 1. The minimum absolute atomic E-state index is 0. The topological polar surface area (TPSA) is 70.9 Å². The SMILES string of the molecule is Oc1ccccc1Nc1ncnc2cnc(F)cc12.[V]. The van der Waals surface area contributed by atoms with Crippen LogP contribution in [0.15, 0.2) is 42.9 Å².